The molecule has 0 spiro atoms. The maximum absolute atomic E-state index is 13.1. The molecule has 19 heavy (non-hydrogen) atoms. The third-order valence-corrected chi connectivity index (χ3v) is 2.63. The standard InChI is InChI=1S/C13H16FN5/c1-19(8-10-3-2-4-11(14)5-10)9-12-6-17-13(18-15)7-16-12/h2-7H,8-9,15H2,1H3,(H,17,18). The molecular formula is C13H16FN5. The molecule has 5 nitrogen and oxygen atoms in total. The van der Waals surface area contributed by atoms with Gasteiger partial charge in [-0.1, -0.05) is 12.1 Å². The van der Waals surface area contributed by atoms with Crippen molar-refractivity contribution in [3.05, 3.63) is 53.7 Å². The number of nitrogens with two attached hydrogens (primary N) is 1. The van der Waals surface area contributed by atoms with Crippen molar-refractivity contribution in [2.24, 2.45) is 5.84 Å². The summed E-state index contributed by atoms with van der Waals surface area (Å²) in [4.78, 5) is 10.4. The van der Waals surface area contributed by atoms with Gasteiger partial charge in [-0.15, -0.1) is 0 Å². The van der Waals surface area contributed by atoms with E-state index in [-0.39, 0.29) is 5.82 Å². The Morgan fingerprint density at radius 1 is 1.26 bits per heavy atom. The van der Waals surface area contributed by atoms with Gasteiger partial charge in [-0.05, 0) is 24.7 Å². The van der Waals surface area contributed by atoms with E-state index in [4.69, 9.17) is 5.84 Å². The van der Waals surface area contributed by atoms with E-state index in [1.165, 1.54) is 12.1 Å². The first-order valence-electron chi connectivity index (χ1n) is 5.88. The number of rotatable bonds is 5. The predicted octanol–water partition coefficient (Wildman–Crippen LogP) is 1.53. The predicted molar refractivity (Wildman–Crippen MR) is 71.4 cm³/mol. The van der Waals surface area contributed by atoms with Crippen molar-refractivity contribution < 1.29 is 4.39 Å². The molecule has 0 radical (unpaired) electrons. The fourth-order valence-electron chi connectivity index (χ4n) is 1.79. The van der Waals surface area contributed by atoms with Crippen LogP contribution >= 0.6 is 0 Å². The third kappa shape index (κ3) is 3.97. The Bertz CT molecular complexity index is 529. The number of benzene rings is 1. The maximum atomic E-state index is 13.1. The third-order valence-electron chi connectivity index (χ3n) is 2.63. The molecule has 0 aliphatic rings. The smallest absolute Gasteiger partial charge is 0.158 e. The highest BCUT2D eigenvalue weighted by molar-refractivity contribution is 5.28. The summed E-state index contributed by atoms with van der Waals surface area (Å²) in [7, 11) is 1.95. The number of aromatic nitrogens is 2. The van der Waals surface area contributed by atoms with Gasteiger partial charge in [0.25, 0.3) is 0 Å². The Labute approximate surface area is 111 Å². The Balaban J connectivity index is 1.95. The summed E-state index contributed by atoms with van der Waals surface area (Å²) < 4.78 is 13.1. The van der Waals surface area contributed by atoms with Crippen LogP contribution in [0, 0.1) is 5.82 Å². The molecule has 0 unspecified atom stereocenters. The average molecular weight is 261 g/mol. The number of hydrogen-bond donors (Lipinski definition) is 2. The summed E-state index contributed by atoms with van der Waals surface area (Å²) in [5.74, 6) is 5.53. The number of halogens is 1. The summed E-state index contributed by atoms with van der Waals surface area (Å²) in [5, 5.41) is 0. The Morgan fingerprint density at radius 2 is 2.11 bits per heavy atom. The van der Waals surface area contributed by atoms with Crippen LogP contribution in [0.25, 0.3) is 0 Å². The van der Waals surface area contributed by atoms with Gasteiger partial charge < -0.3 is 5.43 Å². The second-order valence-electron chi connectivity index (χ2n) is 4.34. The molecule has 2 rings (SSSR count). The monoisotopic (exact) mass is 261 g/mol. The van der Waals surface area contributed by atoms with Gasteiger partial charge in [-0.3, -0.25) is 9.88 Å². The largest absolute Gasteiger partial charge is 0.307 e. The first kappa shape index (κ1) is 13.4. The summed E-state index contributed by atoms with van der Waals surface area (Å²) in [6.07, 6.45) is 3.24. The van der Waals surface area contributed by atoms with Gasteiger partial charge in [0.1, 0.15) is 5.82 Å². The highest BCUT2D eigenvalue weighted by Crippen LogP contribution is 2.08. The molecule has 0 atom stereocenters. The fourth-order valence-corrected chi connectivity index (χ4v) is 1.79. The zero-order chi connectivity index (χ0) is 13.7. The topological polar surface area (TPSA) is 67.1 Å². The minimum Gasteiger partial charge on any atom is -0.307 e. The minimum atomic E-state index is -0.218. The normalized spacial score (nSPS) is 10.7. The fraction of sp³-hybridized carbons (Fsp3) is 0.231. The van der Waals surface area contributed by atoms with Crippen LogP contribution in [0.1, 0.15) is 11.3 Å². The number of hydrazine groups is 1. The highest BCUT2D eigenvalue weighted by atomic mass is 19.1. The molecule has 0 aliphatic heterocycles. The van der Waals surface area contributed by atoms with Crippen LogP contribution in [-0.4, -0.2) is 21.9 Å². The van der Waals surface area contributed by atoms with Crippen molar-refractivity contribution in [1.82, 2.24) is 14.9 Å². The SMILES string of the molecule is CN(Cc1cccc(F)c1)Cc1cnc(NN)cn1. The lowest BCUT2D eigenvalue weighted by molar-refractivity contribution is 0.314. The van der Waals surface area contributed by atoms with E-state index < -0.39 is 0 Å². The lowest BCUT2D eigenvalue weighted by Gasteiger charge is -2.16. The molecule has 3 N–H and O–H groups in total. The Hall–Kier alpha value is -2.05. The molecule has 0 aliphatic carbocycles. The van der Waals surface area contributed by atoms with Gasteiger partial charge >= 0.3 is 0 Å². The highest BCUT2D eigenvalue weighted by Gasteiger charge is 2.04. The number of nitrogen functional groups attached to an aromatic ring is 1. The first-order valence-corrected chi connectivity index (χ1v) is 5.88. The molecule has 1 aromatic heterocycles. The van der Waals surface area contributed by atoms with Gasteiger partial charge in [0.15, 0.2) is 5.82 Å². The molecule has 2 aromatic rings. The Morgan fingerprint density at radius 3 is 2.74 bits per heavy atom. The van der Waals surface area contributed by atoms with Crippen LogP contribution in [0.3, 0.4) is 0 Å². The van der Waals surface area contributed by atoms with E-state index in [9.17, 15) is 4.39 Å². The molecule has 100 valence electrons. The van der Waals surface area contributed by atoms with Gasteiger partial charge in [-0.25, -0.2) is 15.2 Å². The molecule has 0 fully saturated rings. The van der Waals surface area contributed by atoms with Crippen molar-refractivity contribution in [2.45, 2.75) is 13.1 Å². The number of anilines is 1. The molecule has 0 saturated heterocycles. The molecule has 0 amide bonds. The van der Waals surface area contributed by atoms with Crippen molar-refractivity contribution >= 4 is 5.82 Å². The van der Waals surface area contributed by atoms with Gasteiger partial charge in [-0.2, -0.15) is 0 Å². The van der Waals surface area contributed by atoms with E-state index >= 15 is 0 Å². The zero-order valence-corrected chi connectivity index (χ0v) is 10.7. The van der Waals surface area contributed by atoms with Crippen molar-refractivity contribution in [3.63, 3.8) is 0 Å². The van der Waals surface area contributed by atoms with Crippen molar-refractivity contribution in [1.29, 1.82) is 0 Å². The van der Waals surface area contributed by atoms with Crippen LogP contribution in [-0.2, 0) is 13.1 Å². The zero-order valence-electron chi connectivity index (χ0n) is 10.7. The number of nitrogens with zero attached hydrogens (tertiary/aromatic N) is 3. The van der Waals surface area contributed by atoms with Gasteiger partial charge in [0.2, 0.25) is 0 Å². The molecule has 6 heteroatoms. The van der Waals surface area contributed by atoms with Crippen molar-refractivity contribution in [3.8, 4) is 0 Å². The molecule has 1 aromatic carbocycles. The summed E-state index contributed by atoms with van der Waals surface area (Å²) >= 11 is 0. The molecular weight excluding hydrogens is 245 g/mol. The van der Waals surface area contributed by atoms with Crippen LogP contribution in [0.4, 0.5) is 10.2 Å². The van der Waals surface area contributed by atoms with E-state index in [0.717, 1.165) is 11.3 Å². The second-order valence-corrected chi connectivity index (χ2v) is 4.34. The second kappa shape index (κ2) is 6.21. The lowest BCUT2D eigenvalue weighted by atomic mass is 10.2. The first-order chi connectivity index (χ1) is 9.17. The maximum Gasteiger partial charge on any atom is 0.158 e. The molecule has 0 bridgehead atoms. The average Bonchev–Trinajstić information content (AvgIpc) is 2.39. The lowest BCUT2D eigenvalue weighted by Crippen LogP contribution is -2.18. The molecule has 0 saturated carbocycles. The van der Waals surface area contributed by atoms with E-state index in [0.29, 0.717) is 18.9 Å². The van der Waals surface area contributed by atoms with Crippen LogP contribution in [0.2, 0.25) is 0 Å². The van der Waals surface area contributed by atoms with Crippen molar-refractivity contribution in [2.75, 3.05) is 12.5 Å². The molecule has 1 heterocycles. The summed E-state index contributed by atoms with van der Waals surface area (Å²) in [6, 6.07) is 6.57. The summed E-state index contributed by atoms with van der Waals surface area (Å²) in [6.45, 7) is 1.28. The van der Waals surface area contributed by atoms with Crippen LogP contribution < -0.4 is 11.3 Å². The number of nitrogens with one attached hydrogen (secondary N) is 1. The Kier molecular flexibility index (Phi) is 4.38. The van der Waals surface area contributed by atoms with Crippen LogP contribution in [0.15, 0.2) is 36.7 Å². The van der Waals surface area contributed by atoms with E-state index in [1.807, 2.05) is 18.0 Å². The van der Waals surface area contributed by atoms with Gasteiger partial charge in [0.05, 0.1) is 18.1 Å². The van der Waals surface area contributed by atoms with E-state index in [1.54, 1.807) is 18.5 Å². The van der Waals surface area contributed by atoms with Crippen LogP contribution in [0.5, 0.6) is 0 Å². The number of hydrogen-bond acceptors (Lipinski definition) is 5. The van der Waals surface area contributed by atoms with Gasteiger partial charge in [0, 0.05) is 13.1 Å². The van der Waals surface area contributed by atoms with E-state index in [2.05, 4.69) is 15.4 Å². The minimum absolute atomic E-state index is 0.218. The summed E-state index contributed by atoms with van der Waals surface area (Å²) in [5.41, 5.74) is 4.18. The quantitative estimate of drug-likeness (QED) is 0.631.